The van der Waals surface area contributed by atoms with Gasteiger partial charge in [-0.2, -0.15) is 15.3 Å². The zero-order valence-electron chi connectivity index (χ0n) is 68.7. The molecule has 25 heteroatoms. The standard InChI is InChI=1S/C26H27N4O2.C25H24N4O2.C18H25N4.C13H14BrNO2.C13H12N2.CH3I.2HI/c1-28-18-14-21(15-19-28)20-27-30(22-10-4-2-5-11-22)17-9-3-8-16-29-25(31)23-12-6-7-13-24(23)26(29)32;30-24-22-11-5-6-12-23(22)25(31)28(24)17-7-2-8-18-29(21-9-3-1-4-10-21)27-19-20-13-15-26-16-14-20;1-21-14-10-17(11-15-21)16-20-22(13-7-3-6-12-19)18-8-4-2-5-9-18;14-8-4-1-5-9-15-12(16)10-6-2-3-7-11(10)13(15)17;1-2-4-12(5-3-1)10-15-11-13-6-8-14-9-7-13;1-2;;/h2,4-7,10-15,18-20H,3,8-9,16-17H2,1H3;1,3-6,9-16,19H,2,7-8,17-18H2;2,4-5,8-11,14-16H,3,6-7,12-13,19H2,1H3;2-3,6-7H,1,4-5,8-9H2;1-9,11H,10H2;1H3;2*1H/q+1;;+1;;;;;/p-2/b;27-19+;;;;;;. The molecule has 0 saturated heterocycles. The van der Waals surface area contributed by atoms with Gasteiger partial charge in [-0.3, -0.25) is 73.5 Å². The number of nitrogens with two attached hydrogens (primary N) is 1. The van der Waals surface area contributed by atoms with Crippen molar-refractivity contribution in [2.75, 3.05) is 71.1 Å². The Bertz CT molecular complexity index is 4950. The molecule has 0 unspecified atom stereocenters. The second-order valence-corrected chi connectivity index (χ2v) is 28.7. The smallest absolute Gasteiger partial charge is 0.261 e. The highest BCUT2D eigenvalue weighted by atomic mass is 127. The molecule has 0 spiro atoms. The first kappa shape index (κ1) is 97.4. The molecular formula is C96H105BrI3N15O6. The van der Waals surface area contributed by atoms with Gasteiger partial charge in [-0.05, 0) is 189 Å². The Balaban J connectivity index is 0.000000212. The molecule has 14 rings (SSSR count). The average Bonchev–Trinajstić information content (AvgIpc) is 1.65. The van der Waals surface area contributed by atoms with E-state index in [1.54, 1.807) is 97.6 Å². The van der Waals surface area contributed by atoms with Crippen molar-refractivity contribution in [1.82, 2.24) is 24.7 Å². The number of nitrogens with zero attached hydrogens (tertiary/aromatic N) is 14. The summed E-state index contributed by atoms with van der Waals surface area (Å²) in [7, 11) is 3.99. The van der Waals surface area contributed by atoms with Crippen molar-refractivity contribution in [3.63, 3.8) is 0 Å². The van der Waals surface area contributed by atoms with Gasteiger partial charge >= 0.3 is 0 Å². The average molecular weight is 2030 g/mol. The third-order valence-corrected chi connectivity index (χ3v) is 19.8. The molecule has 3 aliphatic rings. The number of carbonyl (C=O) groups excluding carboxylic acids is 6. The molecule has 628 valence electrons. The number of aryl methyl sites for hydroxylation is 2. The van der Waals surface area contributed by atoms with Crippen molar-refractivity contribution in [3.05, 3.63) is 353 Å². The Morgan fingerprint density at radius 2 is 0.612 bits per heavy atom. The fourth-order valence-corrected chi connectivity index (χ4v) is 13.2. The number of hydrogen-bond acceptors (Lipinski definition) is 16. The lowest BCUT2D eigenvalue weighted by Gasteiger charge is -2.19. The van der Waals surface area contributed by atoms with Gasteiger partial charge in [0.2, 0.25) is 0 Å². The van der Waals surface area contributed by atoms with Crippen molar-refractivity contribution in [1.29, 1.82) is 0 Å². The molecule has 0 fully saturated rings. The van der Waals surface area contributed by atoms with Gasteiger partial charge in [-0.15, -0.1) is 0 Å². The zero-order chi connectivity index (χ0) is 84.0. The monoisotopic (exact) mass is 2020 g/mol. The molecule has 7 aromatic carbocycles. The minimum Gasteiger partial charge on any atom is -1.00 e. The zero-order valence-corrected chi connectivity index (χ0v) is 76.7. The lowest BCUT2D eigenvalue weighted by Crippen LogP contribution is -3.00. The molecule has 11 aromatic rings. The molecule has 7 heterocycles. The van der Waals surface area contributed by atoms with Crippen LogP contribution in [-0.4, -0.2) is 141 Å². The van der Waals surface area contributed by atoms with Gasteiger partial charge < -0.3 is 53.7 Å². The molecule has 21 nitrogen and oxygen atoms in total. The van der Waals surface area contributed by atoms with Crippen LogP contribution in [0.3, 0.4) is 0 Å². The molecule has 3 aliphatic heterocycles. The molecule has 121 heavy (non-hydrogen) atoms. The van der Waals surface area contributed by atoms with Crippen LogP contribution in [0, 0.1) is 0 Å². The molecule has 4 aromatic heterocycles. The summed E-state index contributed by atoms with van der Waals surface area (Å²) in [5, 5.41) is 21.0. The Kier molecular flexibility index (Phi) is 44.5. The van der Waals surface area contributed by atoms with E-state index in [1.165, 1.54) is 20.3 Å². The first-order valence-corrected chi connectivity index (χ1v) is 43.5. The molecule has 0 bridgehead atoms. The topological polar surface area (TPSA) is 231 Å². The van der Waals surface area contributed by atoms with Crippen molar-refractivity contribution in [3.8, 4) is 0 Å². The van der Waals surface area contributed by atoms with Crippen LogP contribution in [0.25, 0.3) is 0 Å². The van der Waals surface area contributed by atoms with E-state index < -0.39 is 0 Å². The van der Waals surface area contributed by atoms with Crippen molar-refractivity contribution in [2.45, 2.75) is 83.6 Å². The van der Waals surface area contributed by atoms with E-state index in [1.807, 2.05) is 221 Å². The van der Waals surface area contributed by atoms with E-state index in [-0.39, 0.29) is 83.4 Å². The van der Waals surface area contributed by atoms with Gasteiger partial charge in [-0.25, -0.2) is 9.13 Å². The Morgan fingerprint density at radius 3 is 0.909 bits per heavy atom. The first-order valence-electron chi connectivity index (χ1n) is 40.2. The minimum atomic E-state index is -0.187. The second kappa shape index (κ2) is 55.2. The number of para-hydroxylation sites is 3. The molecule has 2 N–H and O–H groups in total. The Labute approximate surface area is 767 Å². The quantitative estimate of drug-likeness (QED) is 0.00755. The van der Waals surface area contributed by atoms with E-state index in [9.17, 15) is 28.8 Å². The normalized spacial score (nSPS) is 12.2. The number of fused-ring (bicyclic) bond motifs is 3. The number of carbonyl (C=O) groups is 6. The maximum atomic E-state index is 12.5. The maximum Gasteiger partial charge on any atom is 0.261 e. The van der Waals surface area contributed by atoms with E-state index in [0.717, 1.165) is 154 Å². The van der Waals surface area contributed by atoms with Crippen LogP contribution in [0.2, 0.25) is 0 Å². The molecule has 0 saturated carbocycles. The summed E-state index contributed by atoms with van der Waals surface area (Å²) in [4.78, 5) is 92.2. The molecular weight excluding hydrogens is 1920 g/mol. The first-order chi connectivity index (χ1) is 58.4. The second-order valence-electron chi connectivity index (χ2n) is 27.9. The number of hydrazone groups is 3. The SMILES string of the molecule is C(=NCc1ccccc1)c1ccncc1.CI.C[n+]1ccc(/C=N/N(CCCCCN)c2ccccc2)cc1.C[n+]1ccc(/C=N/N(CCCCCN2C(=O)c3ccccc3C2=O)c2ccccc2)cc1.O=C1c2ccccc2C(=O)N1CCCCCBr.O=C1c2ccccc2C(=O)N1CCCCCN(/N=C/c1ccncc1)c1ccccc1.[I-].[I-]. The number of benzene rings is 7. The van der Waals surface area contributed by atoms with Crippen molar-refractivity contribution >= 4 is 116 Å². The lowest BCUT2D eigenvalue weighted by molar-refractivity contribution is -0.671. The number of hydrogen-bond donors (Lipinski definition) is 1. The lowest BCUT2D eigenvalue weighted by atomic mass is 10.1. The largest absolute Gasteiger partial charge is 1.00 e. The number of halogens is 4. The minimum absolute atomic E-state index is 0. The van der Waals surface area contributed by atoms with Gasteiger partial charge in [0.25, 0.3) is 35.4 Å². The van der Waals surface area contributed by atoms with Crippen molar-refractivity contribution in [2.24, 2.45) is 40.1 Å². The number of aromatic nitrogens is 4. The molecule has 0 atom stereocenters. The third kappa shape index (κ3) is 31.7. The van der Waals surface area contributed by atoms with E-state index >= 15 is 0 Å². The summed E-state index contributed by atoms with van der Waals surface area (Å²) in [5.74, 6) is -1.04. The van der Waals surface area contributed by atoms with E-state index in [2.05, 4.69) is 105 Å². The van der Waals surface area contributed by atoms with E-state index in [4.69, 9.17) is 10.8 Å². The van der Waals surface area contributed by atoms with Crippen LogP contribution in [0.4, 0.5) is 17.1 Å². The van der Waals surface area contributed by atoms with Crippen LogP contribution in [0.15, 0.2) is 313 Å². The van der Waals surface area contributed by atoms with Gasteiger partial charge in [0.05, 0.1) is 75.6 Å². The van der Waals surface area contributed by atoms with Crippen molar-refractivity contribution < 1.29 is 85.9 Å². The van der Waals surface area contributed by atoms with Gasteiger partial charge in [0.1, 0.15) is 14.1 Å². The predicted octanol–water partition coefficient (Wildman–Crippen LogP) is 11.3. The number of aliphatic imine (C=N–C) groups is 1. The number of imide groups is 3. The maximum absolute atomic E-state index is 12.5. The number of pyridine rings is 4. The van der Waals surface area contributed by atoms with Crippen LogP contribution in [0.1, 0.15) is 167 Å². The van der Waals surface area contributed by atoms with Crippen LogP contribution < -0.4 is 77.8 Å². The Hall–Kier alpha value is -10.7. The summed E-state index contributed by atoms with van der Waals surface area (Å²) in [6.45, 7) is 5.30. The van der Waals surface area contributed by atoms with Crippen LogP contribution >= 0.6 is 38.5 Å². The number of anilines is 3. The van der Waals surface area contributed by atoms with Crippen LogP contribution in [-0.2, 0) is 20.6 Å². The van der Waals surface area contributed by atoms with Gasteiger partial charge in [-0.1, -0.05) is 173 Å². The predicted molar refractivity (Wildman–Crippen MR) is 489 cm³/mol. The highest BCUT2D eigenvalue weighted by molar-refractivity contribution is 14.1. The summed E-state index contributed by atoms with van der Waals surface area (Å²) >= 11 is 5.51. The summed E-state index contributed by atoms with van der Waals surface area (Å²) in [6.07, 6.45) is 33.9. The van der Waals surface area contributed by atoms with E-state index in [0.29, 0.717) is 53.0 Å². The van der Waals surface area contributed by atoms with Gasteiger partial charge in [0.15, 0.2) is 24.8 Å². The highest BCUT2D eigenvalue weighted by Gasteiger charge is 2.37. The molecule has 0 aliphatic carbocycles. The number of rotatable bonds is 34. The molecule has 6 amide bonds. The van der Waals surface area contributed by atoms with Gasteiger partial charge in [0, 0.05) is 111 Å². The number of alkyl halides is 2. The summed E-state index contributed by atoms with van der Waals surface area (Å²) in [5.41, 5.74) is 17.3. The Morgan fingerprint density at radius 1 is 0.347 bits per heavy atom. The number of unbranched alkanes of at least 4 members (excludes halogenated alkanes) is 8. The molecule has 0 radical (unpaired) electrons. The van der Waals surface area contributed by atoms with Crippen LogP contribution in [0.5, 0.6) is 0 Å². The highest BCUT2D eigenvalue weighted by Crippen LogP contribution is 2.27. The number of amides is 6. The summed E-state index contributed by atoms with van der Waals surface area (Å²) in [6, 6.07) is 77.5. The fraction of sp³-hybridized carbons (Fsp3) is 0.250. The third-order valence-electron chi connectivity index (χ3n) is 19.2. The summed E-state index contributed by atoms with van der Waals surface area (Å²) < 4.78 is 4.00. The fourth-order valence-electron chi connectivity index (χ4n) is 12.8.